The van der Waals surface area contributed by atoms with Crippen LogP contribution in [0.5, 0.6) is 5.88 Å². The fourth-order valence-electron chi connectivity index (χ4n) is 4.52. The van der Waals surface area contributed by atoms with Crippen molar-refractivity contribution >= 4 is 16.7 Å². The van der Waals surface area contributed by atoms with Gasteiger partial charge in [0.2, 0.25) is 5.88 Å². The van der Waals surface area contributed by atoms with Crippen LogP contribution >= 0.6 is 0 Å². The maximum Gasteiger partial charge on any atom is 0.225 e. The molecule has 0 bridgehead atoms. The summed E-state index contributed by atoms with van der Waals surface area (Å²) in [7, 11) is 0. The van der Waals surface area contributed by atoms with E-state index in [1.54, 1.807) is 20.0 Å². The standard InChI is InChI=1S/C26H31N5O3/c1-26(2,32)8-7-19-15-22-23(28-17-19)16-24(30-11-13-33-14-12-30)29-25(22)34-21-5-3-20(4-6-21)31-10-9-27-18-31/h9-10,15-18,20-21,32H,3-6,11-14H2,1-2H3. The summed E-state index contributed by atoms with van der Waals surface area (Å²) in [5.41, 5.74) is 0.484. The van der Waals surface area contributed by atoms with Crippen LogP contribution in [-0.4, -0.2) is 62.6 Å². The van der Waals surface area contributed by atoms with Crippen molar-refractivity contribution in [3.63, 3.8) is 0 Å². The number of imidazole rings is 1. The molecule has 1 aliphatic heterocycles. The molecule has 3 aromatic rings. The number of aromatic nitrogens is 4. The Morgan fingerprint density at radius 1 is 1.15 bits per heavy atom. The summed E-state index contributed by atoms with van der Waals surface area (Å²) >= 11 is 0. The van der Waals surface area contributed by atoms with Gasteiger partial charge in [-0.25, -0.2) is 4.98 Å². The van der Waals surface area contributed by atoms with E-state index in [0.717, 1.165) is 61.1 Å². The topological polar surface area (TPSA) is 85.5 Å². The van der Waals surface area contributed by atoms with Crippen molar-refractivity contribution in [3.05, 3.63) is 42.6 Å². The molecule has 8 heteroatoms. The molecule has 0 unspecified atom stereocenters. The fourth-order valence-corrected chi connectivity index (χ4v) is 4.52. The molecule has 178 valence electrons. The molecule has 4 heterocycles. The number of rotatable bonds is 4. The molecule has 1 saturated carbocycles. The zero-order valence-corrected chi connectivity index (χ0v) is 19.8. The van der Waals surface area contributed by atoms with E-state index < -0.39 is 5.60 Å². The number of ether oxygens (including phenoxy) is 2. The summed E-state index contributed by atoms with van der Waals surface area (Å²) in [6, 6.07) is 4.44. The summed E-state index contributed by atoms with van der Waals surface area (Å²) < 4.78 is 14.2. The Morgan fingerprint density at radius 3 is 2.65 bits per heavy atom. The highest BCUT2D eigenvalue weighted by atomic mass is 16.5. The first-order chi connectivity index (χ1) is 16.4. The average molecular weight is 462 g/mol. The molecule has 2 aliphatic rings. The van der Waals surface area contributed by atoms with E-state index in [4.69, 9.17) is 14.5 Å². The number of hydrogen-bond donors (Lipinski definition) is 1. The molecule has 1 saturated heterocycles. The summed E-state index contributed by atoms with van der Waals surface area (Å²) in [5.74, 6) is 7.35. The molecular formula is C26H31N5O3. The lowest BCUT2D eigenvalue weighted by Crippen LogP contribution is -2.36. The zero-order valence-electron chi connectivity index (χ0n) is 19.8. The first kappa shape index (κ1) is 22.6. The van der Waals surface area contributed by atoms with Gasteiger partial charge in [-0.15, -0.1) is 0 Å². The third-order valence-electron chi connectivity index (χ3n) is 6.35. The van der Waals surface area contributed by atoms with Gasteiger partial charge in [-0.3, -0.25) is 4.98 Å². The first-order valence-electron chi connectivity index (χ1n) is 12.0. The summed E-state index contributed by atoms with van der Waals surface area (Å²) in [6.07, 6.45) is 11.6. The lowest BCUT2D eigenvalue weighted by Gasteiger charge is -2.31. The van der Waals surface area contributed by atoms with Gasteiger partial charge in [0.25, 0.3) is 0 Å². The Kier molecular flexibility index (Phi) is 6.40. The highest BCUT2D eigenvalue weighted by Gasteiger charge is 2.25. The molecule has 0 spiro atoms. The smallest absolute Gasteiger partial charge is 0.225 e. The van der Waals surface area contributed by atoms with Crippen LogP contribution in [0.1, 0.15) is 51.1 Å². The molecule has 1 N–H and O–H groups in total. The minimum absolute atomic E-state index is 0.0986. The normalized spacial score (nSPS) is 21.2. The number of fused-ring (bicyclic) bond motifs is 1. The van der Waals surface area contributed by atoms with Crippen LogP contribution in [0.2, 0.25) is 0 Å². The van der Waals surface area contributed by atoms with Crippen molar-refractivity contribution in [3.8, 4) is 17.7 Å². The summed E-state index contributed by atoms with van der Waals surface area (Å²) in [4.78, 5) is 16.0. The Bertz CT molecular complexity index is 1180. The Balaban J connectivity index is 1.43. The zero-order chi connectivity index (χ0) is 23.5. The van der Waals surface area contributed by atoms with Crippen LogP contribution in [0.4, 0.5) is 5.82 Å². The van der Waals surface area contributed by atoms with Crippen LogP contribution in [0, 0.1) is 11.8 Å². The lowest BCUT2D eigenvalue weighted by molar-refractivity contribution is 0.121. The van der Waals surface area contributed by atoms with Gasteiger partial charge >= 0.3 is 0 Å². The number of hydrogen-bond acceptors (Lipinski definition) is 7. The van der Waals surface area contributed by atoms with Gasteiger partial charge in [-0.2, -0.15) is 4.98 Å². The van der Waals surface area contributed by atoms with E-state index in [1.807, 2.05) is 30.9 Å². The van der Waals surface area contributed by atoms with E-state index in [-0.39, 0.29) is 6.10 Å². The number of pyridine rings is 2. The van der Waals surface area contributed by atoms with Crippen LogP contribution in [0.25, 0.3) is 10.9 Å². The van der Waals surface area contributed by atoms with E-state index >= 15 is 0 Å². The van der Waals surface area contributed by atoms with Crippen molar-refractivity contribution < 1.29 is 14.6 Å². The van der Waals surface area contributed by atoms with Crippen LogP contribution in [0.15, 0.2) is 37.1 Å². The van der Waals surface area contributed by atoms with E-state index in [1.165, 1.54) is 0 Å². The SMILES string of the molecule is CC(C)(O)C#Cc1cnc2cc(N3CCOCC3)nc(OC3CCC(n4ccnc4)CC3)c2c1. The predicted molar refractivity (Wildman–Crippen MR) is 130 cm³/mol. The van der Waals surface area contributed by atoms with Crippen molar-refractivity contribution in [1.82, 2.24) is 19.5 Å². The molecule has 0 aromatic carbocycles. The lowest BCUT2D eigenvalue weighted by atomic mass is 9.93. The van der Waals surface area contributed by atoms with Crippen LogP contribution in [0.3, 0.4) is 0 Å². The molecule has 3 aromatic heterocycles. The third-order valence-corrected chi connectivity index (χ3v) is 6.35. The van der Waals surface area contributed by atoms with Gasteiger partial charge in [-0.1, -0.05) is 11.8 Å². The number of anilines is 1. The molecule has 1 aliphatic carbocycles. The van der Waals surface area contributed by atoms with Crippen LogP contribution in [-0.2, 0) is 4.74 Å². The van der Waals surface area contributed by atoms with E-state index in [2.05, 4.69) is 31.3 Å². The highest BCUT2D eigenvalue weighted by Crippen LogP contribution is 2.34. The second-order valence-electron chi connectivity index (χ2n) is 9.54. The minimum Gasteiger partial charge on any atom is -0.474 e. The molecule has 8 nitrogen and oxygen atoms in total. The number of nitrogens with zero attached hydrogens (tertiary/aromatic N) is 5. The fraction of sp³-hybridized carbons (Fsp3) is 0.500. The van der Waals surface area contributed by atoms with Crippen molar-refractivity contribution in [2.45, 2.75) is 57.3 Å². The molecule has 5 rings (SSSR count). The van der Waals surface area contributed by atoms with Crippen molar-refractivity contribution in [2.75, 3.05) is 31.2 Å². The molecular weight excluding hydrogens is 430 g/mol. The maximum absolute atomic E-state index is 9.98. The van der Waals surface area contributed by atoms with Crippen molar-refractivity contribution in [2.24, 2.45) is 0 Å². The average Bonchev–Trinajstić information content (AvgIpc) is 3.38. The number of morpholine rings is 1. The van der Waals surface area contributed by atoms with Gasteiger partial charge in [0.1, 0.15) is 17.5 Å². The second-order valence-corrected chi connectivity index (χ2v) is 9.54. The Labute approximate surface area is 199 Å². The van der Waals surface area contributed by atoms with Crippen LogP contribution < -0.4 is 9.64 Å². The first-order valence-corrected chi connectivity index (χ1v) is 12.0. The Morgan fingerprint density at radius 2 is 1.94 bits per heavy atom. The minimum atomic E-state index is -1.07. The summed E-state index contributed by atoms with van der Waals surface area (Å²) in [5, 5.41) is 10.8. The van der Waals surface area contributed by atoms with E-state index in [0.29, 0.717) is 25.1 Å². The predicted octanol–water partition coefficient (Wildman–Crippen LogP) is 3.35. The molecule has 2 fully saturated rings. The van der Waals surface area contributed by atoms with Gasteiger partial charge in [0.15, 0.2) is 0 Å². The molecule has 0 amide bonds. The van der Waals surface area contributed by atoms with Gasteiger partial charge in [-0.05, 0) is 45.6 Å². The maximum atomic E-state index is 9.98. The Hall–Kier alpha value is -3.15. The van der Waals surface area contributed by atoms with Gasteiger partial charge in [0, 0.05) is 49.4 Å². The van der Waals surface area contributed by atoms with E-state index in [9.17, 15) is 5.11 Å². The quantitative estimate of drug-likeness (QED) is 0.597. The molecule has 34 heavy (non-hydrogen) atoms. The second kappa shape index (κ2) is 9.61. The largest absolute Gasteiger partial charge is 0.474 e. The van der Waals surface area contributed by atoms with Gasteiger partial charge < -0.3 is 24.0 Å². The van der Waals surface area contributed by atoms with Gasteiger partial charge in [0.05, 0.1) is 30.4 Å². The third kappa shape index (κ3) is 5.32. The molecule has 0 radical (unpaired) electrons. The summed E-state index contributed by atoms with van der Waals surface area (Å²) in [6.45, 7) is 6.30. The monoisotopic (exact) mass is 461 g/mol. The highest BCUT2D eigenvalue weighted by molar-refractivity contribution is 5.87. The number of aliphatic hydroxyl groups is 1. The molecule has 0 atom stereocenters. The van der Waals surface area contributed by atoms with Crippen molar-refractivity contribution in [1.29, 1.82) is 0 Å².